The van der Waals surface area contributed by atoms with Crippen LogP contribution in [0.15, 0.2) is 53.4 Å². The lowest BCUT2D eigenvalue weighted by molar-refractivity contribution is 0.587. The number of nitrogen functional groups attached to an aromatic ring is 1. The van der Waals surface area contributed by atoms with Crippen LogP contribution in [0.25, 0.3) is 11.3 Å². The predicted molar refractivity (Wildman–Crippen MR) is 127 cm³/mol. The van der Waals surface area contributed by atoms with Crippen molar-refractivity contribution >= 4 is 38.9 Å². The molecule has 0 spiro atoms. The zero-order valence-corrected chi connectivity index (χ0v) is 19.3. The fraction of sp³-hybridized carbons (Fsp3) is 0.273. The minimum atomic E-state index is -3.31. The predicted octanol–water partition coefficient (Wildman–Crippen LogP) is 4.39. The van der Waals surface area contributed by atoms with Crippen molar-refractivity contribution in [1.29, 1.82) is 0 Å². The maximum Gasteiger partial charge on any atom is 0.222 e. The Hall–Kier alpha value is -2.84. The van der Waals surface area contributed by atoms with Crippen LogP contribution in [0.5, 0.6) is 0 Å². The Morgan fingerprint density at radius 2 is 1.74 bits per heavy atom. The molecule has 164 valence electrons. The molecule has 1 heterocycles. The molecule has 3 rings (SSSR count). The first kappa shape index (κ1) is 22.8. The Kier molecular flexibility index (Phi) is 7.02. The molecular formula is C22H26ClN5O2S. The summed E-state index contributed by atoms with van der Waals surface area (Å²) in [5, 5.41) is 6.64. The van der Waals surface area contributed by atoms with Gasteiger partial charge in [0.1, 0.15) is 5.82 Å². The SMILES string of the molecule is Cc1c(Cl)cccc1-c1cc(NCCNc2cccc(S(=O)(=O)C(C)C)c2)nc(N)n1. The second kappa shape index (κ2) is 9.53. The minimum absolute atomic E-state index is 0.166. The third kappa shape index (κ3) is 5.45. The van der Waals surface area contributed by atoms with Crippen molar-refractivity contribution in [2.75, 3.05) is 29.5 Å². The summed E-state index contributed by atoms with van der Waals surface area (Å²) in [5.41, 5.74) is 9.14. The summed E-state index contributed by atoms with van der Waals surface area (Å²) >= 11 is 6.22. The topological polar surface area (TPSA) is 110 Å². The number of hydrogen-bond donors (Lipinski definition) is 3. The number of nitrogens with one attached hydrogen (secondary N) is 2. The number of sulfone groups is 1. The summed E-state index contributed by atoms with van der Waals surface area (Å²) in [6, 6.07) is 14.3. The third-order valence-corrected chi connectivity index (χ3v) is 7.39. The Morgan fingerprint density at radius 1 is 1.03 bits per heavy atom. The van der Waals surface area contributed by atoms with Crippen LogP contribution < -0.4 is 16.4 Å². The van der Waals surface area contributed by atoms with E-state index in [2.05, 4.69) is 20.6 Å². The molecule has 0 fully saturated rings. The van der Waals surface area contributed by atoms with E-state index in [1.54, 1.807) is 32.0 Å². The van der Waals surface area contributed by atoms with Crippen molar-refractivity contribution < 1.29 is 8.42 Å². The molecule has 7 nitrogen and oxygen atoms in total. The molecule has 9 heteroatoms. The molecule has 1 aromatic heterocycles. The summed E-state index contributed by atoms with van der Waals surface area (Å²) in [5.74, 6) is 0.763. The molecule has 2 aromatic carbocycles. The van der Waals surface area contributed by atoms with Crippen molar-refractivity contribution in [3.63, 3.8) is 0 Å². The van der Waals surface area contributed by atoms with Crippen LogP contribution in [0.4, 0.5) is 17.5 Å². The van der Waals surface area contributed by atoms with Gasteiger partial charge >= 0.3 is 0 Å². The van der Waals surface area contributed by atoms with E-state index in [4.69, 9.17) is 17.3 Å². The van der Waals surface area contributed by atoms with Gasteiger partial charge in [0.2, 0.25) is 5.95 Å². The van der Waals surface area contributed by atoms with Crippen LogP contribution in [0.2, 0.25) is 5.02 Å². The van der Waals surface area contributed by atoms with Gasteiger partial charge in [-0.25, -0.2) is 13.4 Å². The van der Waals surface area contributed by atoms with Crippen LogP contribution in [0, 0.1) is 6.92 Å². The summed E-state index contributed by atoms with van der Waals surface area (Å²) in [6.07, 6.45) is 0. The lowest BCUT2D eigenvalue weighted by Crippen LogP contribution is -2.16. The van der Waals surface area contributed by atoms with Gasteiger partial charge in [0, 0.05) is 35.4 Å². The normalized spacial score (nSPS) is 11.5. The average Bonchev–Trinajstić information content (AvgIpc) is 2.73. The first-order valence-corrected chi connectivity index (χ1v) is 11.8. The van der Waals surface area contributed by atoms with Crippen molar-refractivity contribution in [3.8, 4) is 11.3 Å². The molecule has 0 aliphatic carbocycles. The van der Waals surface area contributed by atoms with Gasteiger partial charge in [-0.2, -0.15) is 4.98 Å². The number of halogens is 1. The zero-order valence-electron chi connectivity index (χ0n) is 17.7. The van der Waals surface area contributed by atoms with Gasteiger partial charge in [0.05, 0.1) is 15.8 Å². The number of rotatable bonds is 8. The molecule has 0 amide bonds. The fourth-order valence-electron chi connectivity index (χ4n) is 3.03. The molecular weight excluding hydrogens is 434 g/mol. The van der Waals surface area contributed by atoms with Crippen molar-refractivity contribution in [2.45, 2.75) is 30.9 Å². The minimum Gasteiger partial charge on any atom is -0.383 e. The molecule has 0 aliphatic rings. The van der Waals surface area contributed by atoms with Crippen LogP contribution >= 0.6 is 11.6 Å². The fourth-order valence-corrected chi connectivity index (χ4v) is 4.31. The van der Waals surface area contributed by atoms with Gasteiger partial charge in [-0.3, -0.25) is 0 Å². The molecule has 0 unspecified atom stereocenters. The Balaban J connectivity index is 1.66. The van der Waals surface area contributed by atoms with Crippen molar-refractivity contribution in [1.82, 2.24) is 9.97 Å². The molecule has 4 N–H and O–H groups in total. The quantitative estimate of drug-likeness (QED) is 0.428. The van der Waals surface area contributed by atoms with E-state index in [-0.39, 0.29) is 5.95 Å². The van der Waals surface area contributed by atoms with E-state index in [0.717, 1.165) is 16.8 Å². The number of benzene rings is 2. The molecule has 31 heavy (non-hydrogen) atoms. The molecule has 0 atom stereocenters. The Labute approximate surface area is 188 Å². The second-order valence-electron chi connectivity index (χ2n) is 7.38. The molecule has 0 bridgehead atoms. The van der Waals surface area contributed by atoms with Gasteiger partial charge in [-0.05, 0) is 50.6 Å². The Morgan fingerprint density at radius 3 is 2.48 bits per heavy atom. The largest absolute Gasteiger partial charge is 0.383 e. The first-order valence-electron chi connectivity index (χ1n) is 9.90. The summed E-state index contributed by atoms with van der Waals surface area (Å²) in [4.78, 5) is 8.87. The number of anilines is 3. The number of nitrogens with two attached hydrogens (primary N) is 1. The van der Waals surface area contributed by atoms with E-state index in [1.807, 2.05) is 37.3 Å². The maximum atomic E-state index is 12.4. The highest BCUT2D eigenvalue weighted by molar-refractivity contribution is 7.92. The smallest absolute Gasteiger partial charge is 0.222 e. The second-order valence-corrected chi connectivity index (χ2v) is 10.3. The van der Waals surface area contributed by atoms with Crippen LogP contribution in [-0.4, -0.2) is 36.7 Å². The summed E-state index contributed by atoms with van der Waals surface area (Å²) < 4.78 is 24.7. The van der Waals surface area contributed by atoms with Crippen LogP contribution in [0.3, 0.4) is 0 Å². The van der Waals surface area contributed by atoms with E-state index in [1.165, 1.54) is 0 Å². The third-order valence-electron chi connectivity index (χ3n) is 4.83. The van der Waals surface area contributed by atoms with E-state index in [9.17, 15) is 8.42 Å². The lowest BCUT2D eigenvalue weighted by atomic mass is 10.1. The zero-order chi connectivity index (χ0) is 22.6. The number of nitrogens with zero attached hydrogens (tertiary/aromatic N) is 2. The highest BCUT2D eigenvalue weighted by atomic mass is 35.5. The van der Waals surface area contributed by atoms with E-state index >= 15 is 0 Å². The van der Waals surface area contributed by atoms with Crippen LogP contribution in [-0.2, 0) is 9.84 Å². The summed E-state index contributed by atoms with van der Waals surface area (Å²) in [7, 11) is -3.31. The van der Waals surface area contributed by atoms with Crippen molar-refractivity contribution in [2.24, 2.45) is 0 Å². The van der Waals surface area contributed by atoms with Gasteiger partial charge in [-0.15, -0.1) is 0 Å². The van der Waals surface area contributed by atoms with Crippen molar-refractivity contribution in [3.05, 3.63) is 59.1 Å². The molecule has 3 aromatic rings. The first-order chi connectivity index (χ1) is 14.7. The molecule has 0 aliphatic heterocycles. The van der Waals surface area contributed by atoms with Gasteiger partial charge < -0.3 is 16.4 Å². The standard InChI is InChI=1S/C22H26ClN5O2S/c1-14(2)31(29,30)17-7-4-6-16(12-17)25-10-11-26-21-13-20(27-22(24)28-21)18-8-5-9-19(23)15(18)3/h4-9,12-14,25H,10-11H2,1-3H3,(H3,24,26,27,28). The van der Waals surface area contributed by atoms with E-state index < -0.39 is 15.1 Å². The number of aromatic nitrogens is 2. The molecule has 0 saturated heterocycles. The highest BCUT2D eigenvalue weighted by Crippen LogP contribution is 2.28. The summed E-state index contributed by atoms with van der Waals surface area (Å²) in [6.45, 7) is 6.38. The van der Waals surface area contributed by atoms with Gasteiger partial charge in [0.15, 0.2) is 9.84 Å². The lowest BCUT2D eigenvalue weighted by Gasteiger charge is -2.13. The van der Waals surface area contributed by atoms with Gasteiger partial charge in [-0.1, -0.05) is 29.8 Å². The highest BCUT2D eigenvalue weighted by Gasteiger charge is 2.19. The average molecular weight is 460 g/mol. The monoisotopic (exact) mass is 459 g/mol. The number of hydrogen-bond acceptors (Lipinski definition) is 7. The molecule has 0 saturated carbocycles. The van der Waals surface area contributed by atoms with Gasteiger partial charge in [0.25, 0.3) is 0 Å². The molecule has 0 radical (unpaired) electrons. The maximum absolute atomic E-state index is 12.4. The van der Waals surface area contributed by atoms with E-state index in [0.29, 0.717) is 34.5 Å². The van der Waals surface area contributed by atoms with Crippen LogP contribution in [0.1, 0.15) is 19.4 Å². The Bertz CT molecular complexity index is 1180.